The third-order valence-corrected chi connectivity index (χ3v) is 2.91. The molecule has 1 heterocycles. The van der Waals surface area contributed by atoms with Gasteiger partial charge in [-0.1, -0.05) is 13.0 Å². The fraction of sp³-hybridized carbons (Fsp3) is 0.615. The molecular formula is C13H22N2O. The van der Waals surface area contributed by atoms with Gasteiger partial charge in [0.05, 0.1) is 0 Å². The number of rotatable bonds is 6. The van der Waals surface area contributed by atoms with E-state index in [4.69, 9.17) is 4.74 Å². The van der Waals surface area contributed by atoms with Crippen LogP contribution in [0, 0.1) is 12.8 Å². The monoisotopic (exact) mass is 222 g/mol. The second-order valence-corrected chi connectivity index (χ2v) is 4.32. The van der Waals surface area contributed by atoms with Crippen LogP contribution in [0.2, 0.25) is 0 Å². The largest absolute Gasteiger partial charge is 0.385 e. The highest BCUT2D eigenvalue weighted by atomic mass is 16.5. The fourth-order valence-electron chi connectivity index (χ4n) is 2.00. The normalized spacial score (nSPS) is 14.8. The number of methoxy groups -OCH3 is 1. The first-order valence-corrected chi connectivity index (χ1v) is 5.76. The SMILES string of the molecule is CNC(c1cncc(C)c1)C(C)CCOC. The third-order valence-electron chi connectivity index (χ3n) is 2.91. The molecule has 3 heteroatoms. The Morgan fingerprint density at radius 1 is 1.44 bits per heavy atom. The van der Waals surface area contributed by atoms with Crippen LogP contribution >= 0.6 is 0 Å². The predicted octanol–water partition coefficient (Wildman–Crippen LogP) is 2.32. The summed E-state index contributed by atoms with van der Waals surface area (Å²) in [6.07, 6.45) is 4.88. The van der Waals surface area contributed by atoms with E-state index in [0.29, 0.717) is 12.0 Å². The van der Waals surface area contributed by atoms with Crippen molar-refractivity contribution >= 4 is 0 Å². The Morgan fingerprint density at radius 3 is 2.75 bits per heavy atom. The Kier molecular flexibility index (Phi) is 5.43. The maximum Gasteiger partial charge on any atom is 0.0465 e. The first-order chi connectivity index (χ1) is 7.69. The van der Waals surface area contributed by atoms with Crippen LogP contribution in [0.3, 0.4) is 0 Å². The topological polar surface area (TPSA) is 34.2 Å². The van der Waals surface area contributed by atoms with Crippen LogP contribution in [-0.2, 0) is 4.74 Å². The number of nitrogens with zero attached hydrogens (tertiary/aromatic N) is 1. The molecule has 3 nitrogen and oxygen atoms in total. The Labute approximate surface area is 98.2 Å². The lowest BCUT2D eigenvalue weighted by Crippen LogP contribution is -2.24. The molecule has 0 spiro atoms. The second-order valence-electron chi connectivity index (χ2n) is 4.32. The van der Waals surface area contributed by atoms with Crippen LogP contribution in [0.25, 0.3) is 0 Å². The van der Waals surface area contributed by atoms with Crippen molar-refractivity contribution in [3.05, 3.63) is 29.6 Å². The standard InChI is InChI=1S/C13H22N2O/c1-10-7-12(9-15-8-10)13(14-3)11(2)5-6-16-4/h7-9,11,13-14H,5-6H2,1-4H3. The molecule has 0 amide bonds. The number of ether oxygens (including phenoxy) is 1. The summed E-state index contributed by atoms with van der Waals surface area (Å²) in [5.41, 5.74) is 2.46. The van der Waals surface area contributed by atoms with Gasteiger partial charge in [0.1, 0.15) is 0 Å². The molecule has 0 bridgehead atoms. The summed E-state index contributed by atoms with van der Waals surface area (Å²) in [7, 11) is 3.74. The zero-order valence-electron chi connectivity index (χ0n) is 10.7. The third kappa shape index (κ3) is 3.58. The quantitative estimate of drug-likeness (QED) is 0.802. The zero-order valence-corrected chi connectivity index (χ0v) is 10.7. The van der Waals surface area contributed by atoms with E-state index in [1.165, 1.54) is 11.1 Å². The minimum Gasteiger partial charge on any atom is -0.385 e. The van der Waals surface area contributed by atoms with Crippen molar-refractivity contribution in [2.45, 2.75) is 26.3 Å². The lowest BCUT2D eigenvalue weighted by atomic mass is 9.93. The Hall–Kier alpha value is -0.930. The molecule has 0 saturated heterocycles. The molecular weight excluding hydrogens is 200 g/mol. The van der Waals surface area contributed by atoms with E-state index in [1.54, 1.807) is 7.11 Å². The fourth-order valence-corrected chi connectivity index (χ4v) is 2.00. The van der Waals surface area contributed by atoms with Crippen LogP contribution in [-0.4, -0.2) is 25.7 Å². The van der Waals surface area contributed by atoms with Gasteiger partial charge in [0.2, 0.25) is 0 Å². The smallest absolute Gasteiger partial charge is 0.0465 e. The van der Waals surface area contributed by atoms with Gasteiger partial charge in [0.15, 0.2) is 0 Å². The highest BCUT2D eigenvalue weighted by molar-refractivity contribution is 5.20. The van der Waals surface area contributed by atoms with E-state index < -0.39 is 0 Å². The minimum absolute atomic E-state index is 0.350. The Morgan fingerprint density at radius 2 is 2.19 bits per heavy atom. The average Bonchev–Trinajstić information content (AvgIpc) is 2.27. The predicted molar refractivity (Wildman–Crippen MR) is 66.4 cm³/mol. The summed E-state index contributed by atoms with van der Waals surface area (Å²) in [6.45, 7) is 5.12. The molecule has 2 atom stereocenters. The molecule has 1 aromatic heterocycles. The molecule has 0 aliphatic rings. The number of aromatic nitrogens is 1. The summed E-state index contributed by atoms with van der Waals surface area (Å²) in [6, 6.07) is 2.54. The highest BCUT2D eigenvalue weighted by Crippen LogP contribution is 2.24. The van der Waals surface area contributed by atoms with Gasteiger partial charge in [-0.25, -0.2) is 0 Å². The molecule has 16 heavy (non-hydrogen) atoms. The summed E-state index contributed by atoms with van der Waals surface area (Å²) in [5.74, 6) is 0.536. The van der Waals surface area contributed by atoms with Crippen LogP contribution in [0.1, 0.15) is 30.5 Å². The van der Waals surface area contributed by atoms with Crippen molar-refractivity contribution in [2.75, 3.05) is 20.8 Å². The summed E-state index contributed by atoms with van der Waals surface area (Å²) in [4.78, 5) is 4.24. The number of hydrogen-bond donors (Lipinski definition) is 1. The van der Waals surface area contributed by atoms with Crippen molar-refractivity contribution in [1.29, 1.82) is 0 Å². The summed E-state index contributed by atoms with van der Waals surface area (Å²) < 4.78 is 5.12. The van der Waals surface area contributed by atoms with Crippen LogP contribution in [0.5, 0.6) is 0 Å². The molecule has 90 valence electrons. The maximum absolute atomic E-state index is 5.12. The second kappa shape index (κ2) is 6.61. The van der Waals surface area contributed by atoms with Crippen LogP contribution in [0.4, 0.5) is 0 Å². The molecule has 0 aliphatic heterocycles. The van der Waals surface area contributed by atoms with E-state index >= 15 is 0 Å². The molecule has 0 saturated carbocycles. The van der Waals surface area contributed by atoms with Crippen molar-refractivity contribution < 1.29 is 4.74 Å². The van der Waals surface area contributed by atoms with Crippen molar-refractivity contribution in [3.8, 4) is 0 Å². The van der Waals surface area contributed by atoms with Crippen molar-refractivity contribution in [2.24, 2.45) is 5.92 Å². The first kappa shape index (κ1) is 13.1. The maximum atomic E-state index is 5.12. The van der Waals surface area contributed by atoms with Crippen LogP contribution in [0.15, 0.2) is 18.5 Å². The van der Waals surface area contributed by atoms with Gasteiger partial charge in [-0.2, -0.15) is 0 Å². The van der Waals surface area contributed by atoms with Gasteiger partial charge in [0.25, 0.3) is 0 Å². The molecule has 1 aromatic rings. The highest BCUT2D eigenvalue weighted by Gasteiger charge is 2.17. The molecule has 1 rings (SSSR count). The average molecular weight is 222 g/mol. The van der Waals surface area contributed by atoms with E-state index in [9.17, 15) is 0 Å². The molecule has 2 unspecified atom stereocenters. The number of aryl methyl sites for hydroxylation is 1. The zero-order chi connectivity index (χ0) is 12.0. The summed E-state index contributed by atoms with van der Waals surface area (Å²) >= 11 is 0. The molecule has 0 aromatic carbocycles. The molecule has 0 aliphatic carbocycles. The van der Waals surface area contributed by atoms with E-state index in [0.717, 1.165) is 13.0 Å². The minimum atomic E-state index is 0.350. The van der Waals surface area contributed by atoms with Gasteiger partial charge in [-0.15, -0.1) is 0 Å². The van der Waals surface area contributed by atoms with Gasteiger partial charge < -0.3 is 10.1 Å². The van der Waals surface area contributed by atoms with E-state index in [2.05, 4.69) is 30.2 Å². The lowest BCUT2D eigenvalue weighted by molar-refractivity contribution is 0.171. The number of pyridine rings is 1. The van der Waals surface area contributed by atoms with Crippen molar-refractivity contribution in [3.63, 3.8) is 0 Å². The number of hydrogen-bond acceptors (Lipinski definition) is 3. The Bertz CT molecular complexity index is 315. The van der Waals surface area contributed by atoms with E-state index in [-0.39, 0.29) is 0 Å². The van der Waals surface area contributed by atoms with Gasteiger partial charge in [-0.3, -0.25) is 4.98 Å². The molecule has 0 radical (unpaired) electrons. The molecule has 1 N–H and O–H groups in total. The lowest BCUT2D eigenvalue weighted by Gasteiger charge is -2.23. The first-order valence-electron chi connectivity index (χ1n) is 5.76. The molecule has 0 fully saturated rings. The van der Waals surface area contributed by atoms with Gasteiger partial charge >= 0.3 is 0 Å². The van der Waals surface area contributed by atoms with E-state index in [1.807, 2.05) is 19.4 Å². The Balaban J connectivity index is 2.73. The van der Waals surface area contributed by atoms with Crippen LogP contribution < -0.4 is 5.32 Å². The number of nitrogens with one attached hydrogen (secondary N) is 1. The van der Waals surface area contributed by atoms with Crippen molar-refractivity contribution in [1.82, 2.24) is 10.3 Å². The van der Waals surface area contributed by atoms with Gasteiger partial charge in [0, 0.05) is 32.2 Å². The summed E-state index contributed by atoms with van der Waals surface area (Å²) in [5, 5.41) is 3.36. The van der Waals surface area contributed by atoms with Gasteiger partial charge in [-0.05, 0) is 37.4 Å².